The molecule has 4 nitrogen and oxygen atoms in total. The van der Waals surface area contributed by atoms with Gasteiger partial charge in [-0.1, -0.05) is 23.7 Å². The molecule has 1 aromatic carbocycles. The van der Waals surface area contributed by atoms with Crippen LogP contribution in [0.2, 0.25) is 5.02 Å². The van der Waals surface area contributed by atoms with Crippen LogP contribution in [0.3, 0.4) is 0 Å². The second kappa shape index (κ2) is 7.36. The zero-order valence-corrected chi connectivity index (χ0v) is 15.0. The molecule has 1 N–H and O–H groups in total. The summed E-state index contributed by atoms with van der Waals surface area (Å²) in [5.74, 6) is -0.129. The van der Waals surface area contributed by atoms with Gasteiger partial charge in [-0.25, -0.2) is 0 Å². The second-order valence-electron chi connectivity index (χ2n) is 5.95. The van der Waals surface area contributed by atoms with Crippen molar-refractivity contribution in [3.05, 3.63) is 51.2 Å². The van der Waals surface area contributed by atoms with E-state index in [-0.39, 0.29) is 11.8 Å². The average molecular weight is 363 g/mol. The molecule has 0 radical (unpaired) electrons. The molecule has 1 atom stereocenters. The number of halogens is 1. The Morgan fingerprint density at radius 1 is 1.38 bits per heavy atom. The molecule has 126 valence electrons. The minimum absolute atomic E-state index is 0.0120. The Kier molecular flexibility index (Phi) is 5.21. The predicted octanol–water partition coefficient (Wildman–Crippen LogP) is 3.88. The van der Waals surface area contributed by atoms with Gasteiger partial charge in [0.05, 0.1) is 6.42 Å². The summed E-state index contributed by atoms with van der Waals surface area (Å²) in [6.07, 6.45) is 1.90. The number of carbonyl (C=O) groups excluding carboxylic acids is 2. The largest absolute Gasteiger partial charge is 0.330 e. The number of nitrogens with zero attached hydrogens (tertiary/aromatic N) is 1. The molecule has 2 aromatic rings. The Morgan fingerprint density at radius 2 is 2.21 bits per heavy atom. The van der Waals surface area contributed by atoms with Crippen LogP contribution in [-0.4, -0.2) is 29.3 Å². The molecule has 1 aromatic heterocycles. The number of thiophene rings is 1. The summed E-state index contributed by atoms with van der Waals surface area (Å²) in [6, 6.07) is 8.87. The summed E-state index contributed by atoms with van der Waals surface area (Å²) < 4.78 is 0. The van der Waals surface area contributed by atoms with Gasteiger partial charge in [-0.2, -0.15) is 0 Å². The first-order valence-corrected chi connectivity index (χ1v) is 9.19. The van der Waals surface area contributed by atoms with E-state index in [9.17, 15) is 9.59 Å². The summed E-state index contributed by atoms with van der Waals surface area (Å²) in [7, 11) is 0. The van der Waals surface area contributed by atoms with Crippen molar-refractivity contribution >= 4 is 40.4 Å². The molecule has 1 aliphatic rings. The quantitative estimate of drug-likeness (QED) is 0.897. The summed E-state index contributed by atoms with van der Waals surface area (Å²) in [4.78, 5) is 27.9. The zero-order valence-electron chi connectivity index (χ0n) is 13.4. The fourth-order valence-electron chi connectivity index (χ4n) is 2.95. The van der Waals surface area contributed by atoms with Crippen LogP contribution in [0.5, 0.6) is 0 Å². The highest BCUT2D eigenvalue weighted by atomic mass is 35.5. The van der Waals surface area contributed by atoms with Gasteiger partial charge in [0.1, 0.15) is 6.04 Å². The molecule has 0 aliphatic carbocycles. The smallest absolute Gasteiger partial charge is 0.247 e. The van der Waals surface area contributed by atoms with Crippen molar-refractivity contribution in [1.82, 2.24) is 4.90 Å². The highest BCUT2D eigenvalue weighted by Gasteiger charge is 2.34. The van der Waals surface area contributed by atoms with Crippen LogP contribution in [0.4, 0.5) is 5.69 Å². The highest BCUT2D eigenvalue weighted by molar-refractivity contribution is 7.10. The van der Waals surface area contributed by atoms with Crippen molar-refractivity contribution in [1.29, 1.82) is 0 Å². The van der Waals surface area contributed by atoms with E-state index in [4.69, 9.17) is 11.6 Å². The third kappa shape index (κ3) is 3.79. The first-order valence-electron chi connectivity index (χ1n) is 7.93. The number of anilines is 1. The van der Waals surface area contributed by atoms with Gasteiger partial charge in [0.15, 0.2) is 0 Å². The van der Waals surface area contributed by atoms with Gasteiger partial charge in [-0.15, -0.1) is 11.3 Å². The molecule has 1 aliphatic heterocycles. The first-order chi connectivity index (χ1) is 11.5. The molecule has 6 heteroatoms. The highest BCUT2D eigenvalue weighted by Crippen LogP contribution is 2.24. The van der Waals surface area contributed by atoms with Gasteiger partial charge in [-0.05, 0) is 48.9 Å². The van der Waals surface area contributed by atoms with Gasteiger partial charge in [0.2, 0.25) is 11.8 Å². The maximum absolute atomic E-state index is 12.7. The van der Waals surface area contributed by atoms with Crippen LogP contribution in [0.1, 0.15) is 23.3 Å². The summed E-state index contributed by atoms with van der Waals surface area (Å²) in [5, 5.41) is 5.46. The molecule has 0 spiro atoms. The molecule has 2 heterocycles. The third-order valence-corrected chi connectivity index (χ3v) is 5.35. The molecule has 1 saturated heterocycles. The van der Waals surface area contributed by atoms with Gasteiger partial charge in [0.25, 0.3) is 0 Å². The number of nitrogens with one attached hydrogen (secondary N) is 1. The summed E-state index contributed by atoms with van der Waals surface area (Å²) in [6.45, 7) is 2.55. The van der Waals surface area contributed by atoms with E-state index in [1.807, 2.05) is 30.5 Å². The number of amides is 2. The number of benzene rings is 1. The van der Waals surface area contributed by atoms with E-state index in [2.05, 4.69) is 5.32 Å². The minimum atomic E-state index is -0.407. The van der Waals surface area contributed by atoms with Crippen molar-refractivity contribution in [2.75, 3.05) is 11.9 Å². The number of carbonyl (C=O) groups is 2. The minimum Gasteiger partial charge on any atom is -0.330 e. The fraction of sp³-hybridized carbons (Fsp3) is 0.333. The van der Waals surface area contributed by atoms with E-state index in [0.29, 0.717) is 30.1 Å². The predicted molar refractivity (Wildman–Crippen MR) is 97.6 cm³/mol. The number of likely N-dealkylation sites (tertiary alicyclic amines) is 1. The molecular formula is C18H19ClN2O2S. The number of rotatable bonds is 4. The lowest BCUT2D eigenvalue weighted by molar-refractivity contribution is -0.136. The van der Waals surface area contributed by atoms with Crippen LogP contribution in [0, 0.1) is 6.92 Å². The van der Waals surface area contributed by atoms with E-state index < -0.39 is 6.04 Å². The lowest BCUT2D eigenvalue weighted by Gasteiger charge is -2.24. The number of hydrogen-bond donors (Lipinski definition) is 1. The van der Waals surface area contributed by atoms with Gasteiger partial charge < -0.3 is 10.2 Å². The Bertz CT molecular complexity index is 745. The second-order valence-corrected chi connectivity index (χ2v) is 7.42. The Balaban J connectivity index is 1.69. The summed E-state index contributed by atoms with van der Waals surface area (Å²) in [5.41, 5.74) is 1.65. The molecule has 3 rings (SSSR count). The van der Waals surface area contributed by atoms with Crippen molar-refractivity contribution in [2.45, 2.75) is 32.2 Å². The molecule has 0 bridgehead atoms. The van der Waals surface area contributed by atoms with Crippen LogP contribution in [-0.2, 0) is 16.0 Å². The van der Waals surface area contributed by atoms with E-state index in [0.717, 1.165) is 16.9 Å². The monoisotopic (exact) mass is 362 g/mol. The van der Waals surface area contributed by atoms with Crippen molar-refractivity contribution < 1.29 is 9.59 Å². The van der Waals surface area contributed by atoms with Crippen molar-refractivity contribution in [3.63, 3.8) is 0 Å². The Labute approximate surface area is 150 Å². The number of aryl methyl sites for hydroxylation is 1. The zero-order chi connectivity index (χ0) is 17.1. The number of hydrogen-bond acceptors (Lipinski definition) is 3. The Hall–Kier alpha value is -1.85. The molecular weight excluding hydrogens is 344 g/mol. The van der Waals surface area contributed by atoms with Gasteiger partial charge in [-0.3, -0.25) is 9.59 Å². The average Bonchev–Trinajstić information content (AvgIpc) is 3.21. The topological polar surface area (TPSA) is 49.4 Å². The lowest BCUT2D eigenvalue weighted by Crippen LogP contribution is -2.43. The Morgan fingerprint density at radius 3 is 2.96 bits per heavy atom. The lowest BCUT2D eigenvalue weighted by atomic mass is 10.1. The van der Waals surface area contributed by atoms with Crippen LogP contribution >= 0.6 is 22.9 Å². The normalized spacial score (nSPS) is 17.1. The van der Waals surface area contributed by atoms with Gasteiger partial charge in [0, 0.05) is 22.1 Å². The molecule has 1 fully saturated rings. The maximum atomic E-state index is 12.7. The fourth-order valence-corrected chi connectivity index (χ4v) is 3.81. The summed E-state index contributed by atoms with van der Waals surface area (Å²) >= 11 is 7.57. The molecule has 2 amide bonds. The van der Waals surface area contributed by atoms with Crippen LogP contribution in [0.15, 0.2) is 35.7 Å². The van der Waals surface area contributed by atoms with Crippen molar-refractivity contribution in [2.24, 2.45) is 0 Å². The van der Waals surface area contributed by atoms with Gasteiger partial charge >= 0.3 is 0 Å². The molecule has 24 heavy (non-hydrogen) atoms. The van der Waals surface area contributed by atoms with Crippen LogP contribution < -0.4 is 5.32 Å². The van der Waals surface area contributed by atoms with Crippen molar-refractivity contribution in [3.8, 4) is 0 Å². The van der Waals surface area contributed by atoms with E-state index in [1.54, 1.807) is 28.4 Å². The maximum Gasteiger partial charge on any atom is 0.247 e. The van der Waals surface area contributed by atoms with E-state index >= 15 is 0 Å². The standard InChI is InChI=1S/C18H19ClN2O2S/c1-12-6-7-13(19)10-15(12)20-18(23)16-5-2-8-21(16)17(22)11-14-4-3-9-24-14/h3-4,6-7,9-10,16H,2,5,8,11H2,1H3,(H,20,23). The molecule has 1 unspecified atom stereocenters. The van der Waals surface area contributed by atoms with E-state index in [1.165, 1.54) is 0 Å². The van der Waals surface area contributed by atoms with Crippen LogP contribution in [0.25, 0.3) is 0 Å². The third-order valence-electron chi connectivity index (χ3n) is 4.24. The molecule has 0 saturated carbocycles. The SMILES string of the molecule is Cc1ccc(Cl)cc1NC(=O)C1CCCN1C(=O)Cc1cccs1. The first kappa shape index (κ1) is 17.0.